The number of carbonyl (C=O) groups is 2. The van der Waals surface area contributed by atoms with Crippen molar-refractivity contribution in [3.05, 3.63) is 34.8 Å². The monoisotopic (exact) mass is 302 g/mol. The first-order chi connectivity index (χ1) is 10.1. The van der Waals surface area contributed by atoms with Crippen LogP contribution in [0.2, 0.25) is 0 Å². The Morgan fingerprint density at radius 3 is 2.81 bits per heavy atom. The minimum atomic E-state index is -0.685. The topological polar surface area (TPSA) is 75.2 Å². The normalized spacial score (nSPS) is 16.7. The second-order valence-corrected chi connectivity index (χ2v) is 6.12. The molecular weight excluding hydrogens is 288 g/mol. The lowest BCUT2D eigenvalue weighted by molar-refractivity contribution is -0.134. The Morgan fingerprint density at radius 1 is 1.33 bits per heavy atom. The van der Waals surface area contributed by atoms with Gasteiger partial charge in [-0.2, -0.15) is 0 Å². The SMILES string of the molecule is Cc1nnc(NC(=O)C(=O)N2c3ccccc3C[C@H]2C)s1. The molecule has 0 aliphatic carbocycles. The highest BCUT2D eigenvalue weighted by atomic mass is 32.1. The van der Waals surface area contributed by atoms with Crippen LogP contribution in [-0.4, -0.2) is 28.1 Å². The summed E-state index contributed by atoms with van der Waals surface area (Å²) >= 11 is 1.24. The van der Waals surface area contributed by atoms with Gasteiger partial charge in [0.25, 0.3) is 0 Å². The van der Waals surface area contributed by atoms with E-state index in [2.05, 4.69) is 15.5 Å². The van der Waals surface area contributed by atoms with Crippen LogP contribution in [-0.2, 0) is 16.0 Å². The highest BCUT2D eigenvalue weighted by molar-refractivity contribution is 7.15. The van der Waals surface area contributed by atoms with Crippen molar-refractivity contribution in [2.45, 2.75) is 26.3 Å². The molecule has 1 aliphatic heterocycles. The predicted octanol–water partition coefficient (Wildman–Crippen LogP) is 1.76. The van der Waals surface area contributed by atoms with Gasteiger partial charge in [-0.25, -0.2) is 0 Å². The number of benzene rings is 1. The van der Waals surface area contributed by atoms with Gasteiger partial charge in [-0.15, -0.1) is 10.2 Å². The van der Waals surface area contributed by atoms with Crippen molar-refractivity contribution < 1.29 is 9.59 Å². The van der Waals surface area contributed by atoms with E-state index in [4.69, 9.17) is 0 Å². The first kappa shape index (κ1) is 13.7. The van der Waals surface area contributed by atoms with E-state index in [-0.39, 0.29) is 6.04 Å². The molecule has 2 heterocycles. The Morgan fingerprint density at radius 2 is 2.10 bits per heavy atom. The van der Waals surface area contributed by atoms with Crippen LogP contribution in [0.4, 0.5) is 10.8 Å². The van der Waals surface area contributed by atoms with E-state index in [0.717, 1.165) is 22.7 Å². The second kappa shape index (κ2) is 5.25. The Kier molecular flexibility index (Phi) is 3.42. The van der Waals surface area contributed by atoms with Gasteiger partial charge < -0.3 is 4.90 Å². The van der Waals surface area contributed by atoms with Crippen molar-refractivity contribution in [1.82, 2.24) is 10.2 Å². The fourth-order valence-corrected chi connectivity index (χ4v) is 3.07. The number of aromatic nitrogens is 2. The predicted molar refractivity (Wildman–Crippen MR) is 80.4 cm³/mol. The molecule has 1 aromatic heterocycles. The van der Waals surface area contributed by atoms with Crippen LogP contribution in [0.3, 0.4) is 0 Å². The van der Waals surface area contributed by atoms with Gasteiger partial charge in [0.15, 0.2) is 0 Å². The first-order valence-corrected chi connectivity index (χ1v) is 7.40. The maximum atomic E-state index is 12.4. The molecule has 0 saturated carbocycles. The number of para-hydroxylation sites is 1. The lowest BCUT2D eigenvalue weighted by atomic mass is 10.1. The summed E-state index contributed by atoms with van der Waals surface area (Å²) in [5, 5.41) is 11.2. The number of carbonyl (C=O) groups excluding carboxylic acids is 2. The van der Waals surface area contributed by atoms with Crippen LogP contribution in [0, 0.1) is 6.92 Å². The van der Waals surface area contributed by atoms with Crippen molar-refractivity contribution in [2.24, 2.45) is 0 Å². The Balaban J connectivity index is 1.80. The van der Waals surface area contributed by atoms with Gasteiger partial charge in [0, 0.05) is 11.7 Å². The average Bonchev–Trinajstić information content (AvgIpc) is 3.00. The molecule has 2 aromatic rings. The Hall–Kier alpha value is -2.28. The molecule has 1 aromatic carbocycles. The summed E-state index contributed by atoms with van der Waals surface area (Å²) in [5.74, 6) is -1.25. The third-order valence-corrected chi connectivity index (χ3v) is 4.12. The van der Waals surface area contributed by atoms with Crippen LogP contribution in [0.1, 0.15) is 17.5 Å². The molecule has 1 N–H and O–H groups in total. The Bertz CT molecular complexity index is 713. The summed E-state index contributed by atoms with van der Waals surface area (Å²) in [4.78, 5) is 26.0. The molecule has 0 saturated heterocycles. The first-order valence-electron chi connectivity index (χ1n) is 6.59. The van der Waals surface area contributed by atoms with E-state index in [1.165, 1.54) is 11.3 Å². The molecule has 21 heavy (non-hydrogen) atoms. The number of hydrogen-bond acceptors (Lipinski definition) is 5. The molecule has 0 spiro atoms. The number of nitrogens with one attached hydrogen (secondary N) is 1. The van der Waals surface area contributed by atoms with Gasteiger partial charge in [0.1, 0.15) is 5.01 Å². The molecule has 0 unspecified atom stereocenters. The van der Waals surface area contributed by atoms with Crippen LogP contribution >= 0.6 is 11.3 Å². The molecule has 6 nitrogen and oxygen atoms in total. The summed E-state index contributed by atoms with van der Waals surface area (Å²) in [7, 11) is 0. The van der Waals surface area contributed by atoms with Gasteiger partial charge in [-0.1, -0.05) is 29.5 Å². The van der Waals surface area contributed by atoms with Crippen molar-refractivity contribution in [3.63, 3.8) is 0 Å². The zero-order valence-electron chi connectivity index (χ0n) is 11.7. The third kappa shape index (κ3) is 2.52. The molecule has 108 valence electrons. The molecule has 0 bridgehead atoms. The van der Waals surface area contributed by atoms with Gasteiger partial charge in [-0.05, 0) is 31.9 Å². The molecular formula is C14H14N4O2S. The Labute approximate surface area is 125 Å². The highest BCUT2D eigenvalue weighted by Gasteiger charge is 2.34. The number of amides is 2. The molecule has 3 rings (SSSR count). The van der Waals surface area contributed by atoms with E-state index in [1.54, 1.807) is 11.8 Å². The third-order valence-electron chi connectivity index (χ3n) is 3.37. The van der Waals surface area contributed by atoms with Crippen molar-refractivity contribution >= 4 is 34.0 Å². The fourth-order valence-electron chi connectivity index (χ4n) is 2.48. The molecule has 0 fully saturated rings. The van der Waals surface area contributed by atoms with Crippen LogP contribution in [0.15, 0.2) is 24.3 Å². The fraction of sp³-hybridized carbons (Fsp3) is 0.286. The number of anilines is 2. The molecule has 7 heteroatoms. The minimum Gasteiger partial charge on any atom is -0.301 e. The highest BCUT2D eigenvalue weighted by Crippen LogP contribution is 2.31. The van der Waals surface area contributed by atoms with Crippen molar-refractivity contribution in [3.8, 4) is 0 Å². The average molecular weight is 302 g/mol. The summed E-state index contributed by atoms with van der Waals surface area (Å²) < 4.78 is 0. The second-order valence-electron chi connectivity index (χ2n) is 4.94. The van der Waals surface area contributed by atoms with Gasteiger partial charge in [0.2, 0.25) is 5.13 Å². The smallest absolute Gasteiger partial charge is 0.301 e. The van der Waals surface area contributed by atoms with E-state index in [9.17, 15) is 9.59 Å². The number of hydrogen-bond donors (Lipinski definition) is 1. The van der Waals surface area contributed by atoms with Crippen LogP contribution in [0.25, 0.3) is 0 Å². The van der Waals surface area contributed by atoms with Crippen molar-refractivity contribution in [1.29, 1.82) is 0 Å². The maximum absolute atomic E-state index is 12.4. The number of rotatable bonds is 1. The summed E-state index contributed by atoms with van der Waals surface area (Å²) in [6, 6.07) is 7.61. The van der Waals surface area contributed by atoms with E-state index < -0.39 is 11.8 Å². The van der Waals surface area contributed by atoms with Crippen LogP contribution in [0.5, 0.6) is 0 Å². The van der Waals surface area contributed by atoms with Gasteiger partial charge >= 0.3 is 11.8 Å². The largest absolute Gasteiger partial charge is 0.316 e. The number of fused-ring (bicyclic) bond motifs is 1. The van der Waals surface area contributed by atoms with Crippen LogP contribution < -0.4 is 10.2 Å². The molecule has 0 radical (unpaired) electrons. The summed E-state index contributed by atoms with van der Waals surface area (Å²) in [5.41, 5.74) is 1.89. The molecule has 1 aliphatic rings. The zero-order valence-corrected chi connectivity index (χ0v) is 12.5. The van der Waals surface area contributed by atoms with E-state index in [0.29, 0.717) is 5.13 Å². The standard InChI is InChI=1S/C14H14N4O2S/c1-8-7-10-5-3-4-6-11(10)18(8)13(20)12(19)15-14-17-16-9(2)21-14/h3-6,8H,7H2,1-2H3,(H,15,17,19)/t8-/m1/s1. The lowest BCUT2D eigenvalue weighted by Gasteiger charge is -2.21. The van der Waals surface area contributed by atoms with E-state index >= 15 is 0 Å². The summed E-state index contributed by atoms with van der Waals surface area (Å²) in [6.07, 6.45) is 0.757. The van der Waals surface area contributed by atoms with Gasteiger partial charge in [0.05, 0.1) is 0 Å². The number of aryl methyl sites for hydroxylation is 1. The summed E-state index contributed by atoms with van der Waals surface area (Å²) in [6.45, 7) is 3.72. The molecule has 1 atom stereocenters. The maximum Gasteiger partial charge on any atom is 0.316 e. The number of nitrogens with zero attached hydrogens (tertiary/aromatic N) is 3. The zero-order chi connectivity index (χ0) is 15.0. The molecule has 2 amide bonds. The minimum absolute atomic E-state index is 0.0307. The van der Waals surface area contributed by atoms with E-state index in [1.807, 2.05) is 31.2 Å². The van der Waals surface area contributed by atoms with Crippen molar-refractivity contribution in [2.75, 3.05) is 10.2 Å². The van der Waals surface area contributed by atoms with Gasteiger partial charge in [-0.3, -0.25) is 14.9 Å². The quantitative estimate of drug-likeness (QED) is 0.815. The lowest BCUT2D eigenvalue weighted by Crippen LogP contribution is -2.43.